The van der Waals surface area contributed by atoms with E-state index in [1.165, 1.54) is 30.3 Å². The van der Waals surface area contributed by atoms with Crippen LogP contribution in [0.3, 0.4) is 0 Å². The average Bonchev–Trinajstić information content (AvgIpc) is 3.06. The highest BCUT2D eigenvalue weighted by atomic mass is 32.2. The molecule has 2 aromatic carbocycles. The van der Waals surface area contributed by atoms with Gasteiger partial charge in [0.15, 0.2) is 0 Å². The molecule has 0 unspecified atom stereocenters. The molecule has 26 heavy (non-hydrogen) atoms. The van der Waals surface area contributed by atoms with Gasteiger partial charge < -0.3 is 5.11 Å². The van der Waals surface area contributed by atoms with Gasteiger partial charge in [-0.2, -0.15) is 0 Å². The number of aromatic carboxylic acids is 1. The number of carboxylic acid groups (broad SMARTS) is 1. The van der Waals surface area contributed by atoms with Crippen molar-refractivity contribution in [1.29, 1.82) is 0 Å². The number of carbonyl (C=O) groups is 1. The Kier molecular flexibility index (Phi) is 4.83. The Hall–Kier alpha value is -3.04. The van der Waals surface area contributed by atoms with Gasteiger partial charge in [0.05, 0.1) is 10.6 Å². The second-order valence-electron chi connectivity index (χ2n) is 5.22. The summed E-state index contributed by atoms with van der Waals surface area (Å²) >= 11 is 0.980. The van der Waals surface area contributed by atoms with Crippen LogP contribution in [0.1, 0.15) is 9.67 Å². The van der Waals surface area contributed by atoms with Crippen LogP contribution in [0.5, 0.6) is 0 Å². The van der Waals surface area contributed by atoms with Crippen molar-refractivity contribution in [2.75, 3.05) is 4.72 Å². The molecule has 132 valence electrons. The molecule has 3 aromatic rings. The van der Waals surface area contributed by atoms with Crippen LogP contribution in [0.2, 0.25) is 0 Å². The van der Waals surface area contributed by atoms with E-state index in [1.807, 2.05) is 18.2 Å². The fourth-order valence-corrected chi connectivity index (χ4v) is 4.35. The molecule has 3 rings (SSSR count). The molecule has 1 heterocycles. The van der Waals surface area contributed by atoms with Gasteiger partial charge in [0.1, 0.15) is 10.6 Å². The highest BCUT2D eigenvalue weighted by molar-refractivity contribution is 7.92. The lowest BCUT2D eigenvalue weighted by molar-refractivity contribution is 0.0703. The number of hydrogen-bond acceptors (Lipinski definition) is 6. The molecule has 0 aliphatic heterocycles. The summed E-state index contributed by atoms with van der Waals surface area (Å²) < 4.78 is 27.3. The van der Waals surface area contributed by atoms with Gasteiger partial charge in [-0.1, -0.05) is 30.3 Å². The monoisotopic (exact) mass is 388 g/mol. The van der Waals surface area contributed by atoms with E-state index in [1.54, 1.807) is 12.1 Å². The third-order valence-electron chi connectivity index (χ3n) is 3.48. The average molecular weight is 388 g/mol. The van der Waals surface area contributed by atoms with Gasteiger partial charge in [0, 0.05) is 4.88 Å². The molecule has 0 aliphatic rings. The number of carboxylic acids is 1. The first-order valence-corrected chi connectivity index (χ1v) is 9.59. The Labute approximate surface area is 153 Å². The van der Waals surface area contributed by atoms with Gasteiger partial charge >= 0.3 is 5.97 Å². The SMILES string of the molecule is O=Nc1ccc(S(=O)(=O)Nc2cc(-c3ccccc3)sc2C(=O)O)cc1. The standard InChI is InChI=1S/C17H12N2O5S2/c20-17(21)16-14(10-15(25-16)11-4-2-1-3-5-11)19-26(23,24)13-8-6-12(18-22)7-9-13/h1-10,19H,(H,20,21). The lowest BCUT2D eigenvalue weighted by Crippen LogP contribution is -2.14. The Bertz CT molecular complexity index is 1060. The second kappa shape index (κ2) is 7.06. The molecule has 0 aliphatic carbocycles. The molecule has 7 nitrogen and oxygen atoms in total. The van der Waals surface area contributed by atoms with Crippen molar-refractivity contribution >= 4 is 38.7 Å². The summed E-state index contributed by atoms with van der Waals surface area (Å²) in [6, 6.07) is 15.5. The minimum absolute atomic E-state index is 0.0149. The van der Waals surface area contributed by atoms with E-state index >= 15 is 0 Å². The van der Waals surface area contributed by atoms with E-state index in [9.17, 15) is 23.2 Å². The number of sulfonamides is 1. The van der Waals surface area contributed by atoms with Crippen molar-refractivity contribution in [2.24, 2.45) is 5.18 Å². The molecule has 9 heteroatoms. The number of nitrogens with one attached hydrogen (secondary N) is 1. The first-order chi connectivity index (χ1) is 12.4. The molecule has 0 radical (unpaired) electrons. The van der Waals surface area contributed by atoms with Crippen molar-refractivity contribution in [1.82, 2.24) is 0 Å². The summed E-state index contributed by atoms with van der Waals surface area (Å²) in [6.45, 7) is 0. The second-order valence-corrected chi connectivity index (χ2v) is 7.95. The zero-order valence-corrected chi connectivity index (χ0v) is 14.8. The minimum Gasteiger partial charge on any atom is -0.477 e. The molecule has 0 saturated carbocycles. The fraction of sp³-hybridized carbons (Fsp3) is 0. The molecule has 1 aromatic heterocycles. The van der Waals surface area contributed by atoms with Crippen molar-refractivity contribution in [3.63, 3.8) is 0 Å². The molecule has 0 atom stereocenters. The summed E-state index contributed by atoms with van der Waals surface area (Å²) in [5, 5.41) is 12.1. The van der Waals surface area contributed by atoms with Crippen molar-refractivity contribution in [2.45, 2.75) is 4.90 Å². The van der Waals surface area contributed by atoms with E-state index < -0.39 is 16.0 Å². The highest BCUT2D eigenvalue weighted by Gasteiger charge is 2.22. The molecule has 2 N–H and O–H groups in total. The molecule has 0 amide bonds. The zero-order valence-electron chi connectivity index (χ0n) is 13.1. The van der Waals surface area contributed by atoms with Gasteiger partial charge in [-0.3, -0.25) is 4.72 Å². The summed E-state index contributed by atoms with van der Waals surface area (Å²) in [4.78, 5) is 22.3. The van der Waals surface area contributed by atoms with Gasteiger partial charge in [-0.05, 0) is 41.1 Å². The molecule has 0 spiro atoms. The number of anilines is 1. The molecular formula is C17H12N2O5S2. The van der Waals surface area contributed by atoms with Crippen LogP contribution < -0.4 is 4.72 Å². The van der Waals surface area contributed by atoms with E-state index in [-0.39, 0.29) is 21.1 Å². The van der Waals surface area contributed by atoms with Crippen molar-refractivity contribution in [3.8, 4) is 10.4 Å². The lowest BCUT2D eigenvalue weighted by Gasteiger charge is -2.07. The number of thiophene rings is 1. The summed E-state index contributed by atoms with van der Waals surface area (Å²) in [7, 11) is -4.01. The first kappa shape index (κ1) is 17.8. The first-order valence-electron chi connectivity index (χ1n) is 7.29. The summed E-state index contributed by atoms with van der Waals surface area (Å²) in [5.74, 6) is -1.23. The Morgan fingerprint density at radius 3 is 2.27 bits per heavy atom. The number of rotatable bonds is 6. The third kappa shape index (κ3) is 3.63. The van der Waals surface area contributed by atoms with Gasteiger partial charge in [0.25, 0.3) is 10.0 Å². The Balaban J connectivity index is 1.98. The normalized spacial score (nSPS) is 11.1. The van der Waals surface area contributed by atoms with Crippen LogP contribution in [-0.2, 0) is 10.0 Å². The molecule has 0 saturated heterocycles. The van der Waals surface area contributed by atoms with Gasteiger partial charge in [-0.25, -0.2) is 13.2 Å². The van der Waals surface area contributed by atoms with Crippen LogP contribution in [0, 0.1) is 4.91 Å². The lowest BCUT2D eigenvalue weighted by atomic mass is 10.2. The largest absolute Gasteiger partial charge is 0.477 e. The number of hydrogen-bond donors (Lipinski definition) is 2. The fourth-order valence-electron chi connectivity index (χ4n) is 2.26. The summed E-state index contributed by atoms with van der Waals surface area (Å²) in [5.41, 5.74) is 0.864. The van der Waals surface area contributed by atoms with Crippen LogP contribution in [0.4, 0.5) is 11.4 Å². The maximum Gasteiger partial charge on any atom is 0.348 e. The van der Waals surface area contributed by atoms with Crippen molar-refractivity contribution < 1.29 is 18.3 Å². The van der Waals surface area contributed by atoms with Crippen LogP contribution in [0.15, 0.2) is 70.7 Å². The molecular weight excluding hydrogens is 376 g/mol. The molecule has 0 fully saturated rings. The van der Waals surface area contributed by atoms with Crippen molar-refractivity contribution in [3.05, 3.63) is 70.4 Å². The van der Waals surface area contributed by atoms with Crippen LogP contribution in [0.25, 0.3) is 10.4 Å². The van der Waals surface area contributed by atoms with Gasteiger partial charge in [-0.15, -0.1) is 16.2 Å². The maximum atomic E-state index is 12.5. The molecule has 0 bridgehead atoms. The number of benzene rings is 2. The number of nitrogens with zero attached hydrogens (tertiary/aromatic N) is 1. The topological polar surface area (TPSA) is 113 Å². The Morgan fingerprint density at radius 1 is 1.04 bits per heavy atom. The van der Waals surface area contributed by atoms with Crippen LogP contribution >= 0.6 is 11.3 Å². The van der Waals surface area contributed by atoms with Crippen LogP contribution in [-0.4, -0.2) is 19.5 Å². The predicted octanol–water partition coefficient (Wildman–Crippen LogP) is 4.31. The zero-order chi connectivity index (χ0) is 18.7. The smallest absolute Gasteiger partial charge is 0.348 e. The summed E-state index contributed by atoms with van der Waals surface area (Å²) in [6.07, 6.45) is 0. The third-order valence-corrected chi connectivity index (χ3v) is 6.03. The minimum atomic E-state index is -4.01. The predicted molar refractivity (Wildman–Crippen MR) is 99.4 cm³/mol. The van der Waals surface area contributed by atoms with E-state index in [0.717, 1.165) is 16.9 Å². The Morgan fingerprint density at radius 2 is 1.69 bits per heavy atom. The number of nitroso groups, excluding NO2 is 1. The van der Waals surface area contributed by atoms with Gasteiger partial charge in [0.2, 0.25) is 0 Å². The highest BCUT2D eigenvalue weighted by Crippen LogP contribution is 2.36. The van der Waals surface area contributed by atoms with E-state index in [2.05, 4.69) is 9.90 Å². The van der Waals surface area contributed by atoms with E-state index in [4.69, 9.17) is 0 Å². The maximum absolute atomic E-state index is 12.5. The quantitative estimate of drug-likeness (QED) is 0.611. The van der Waals surface area contributed by atoms with E-state index in [0.29, 0.717) is 4.88 Å².